The van der Waals surface area contributed by atoms with Crippen LogP contribution in [0, 0.1) is 0 Å². The van der Waals surface area contributed by atoms with Crippen LogP contribution in [-0.4, -0.2) is 20.6 Å². The van der Waals surface area contributed by atoms with Crippen molar-refractivity contribution in [2.75, 3.05) is 0 Å². The van der Waals surface area contributed by atoms with Gasteiger partial charge in [0.1, 0.15) is 0 Å². The van der Waals surface area contributed by atoms with Crippen molar-refractivity contribution in [1.82, 2.24) is 25.9 Å². The second kappa shape index (κ2) is 5.57. The van der Waals surface area contributed by atoms with E-state index < -0.39 is 0 Å². The summed E-state index contributed by atoms with van der Waals surface area (Å²) < 4.78 is 0.984. The number of halogens is 2. The van der Waals surface area contributed by atoms with Gasteiger partial charge >= 0.3 is 0 Å². The number of hydrogen-bond donors (Lipinski definition) is 2. The predicted molar refractivity (Wildman–Crippen MR) is 68.6 cm³/mol. The largest absolute Gasteiger partial charge is 0.303 e. The second-order valence-corrected chi connectivity index (χ2v) is 4.90. The molecular weight excluding hydrogens is 306 g/mol. The van der Waals surface area contributed by atoms with Gasteiger partial charge in [-0.1, -0.05) is 38.8 Å². The highest BCUT2D eigenvalue weighted by atomic mass is 79.9. The predicted octanol–water partition coefficient (Wildman–Crippen LogP) is 2.47. The van der Waals surface area contributed by atoms with Gasteiger partial charge in [0.2, 0.25) is 0 Å². The van der Waals surface area contributed by atoms with Crippen molar-refractivity contribution < 1.29 is 0 Å². The van der Waals surface area contributed by atoms with E-state index in [9.17, 15) is 0 Å². The molecule has 90 valence electrons. The summed E-state index contributed by atoms with van der Waals surface area (Å²) >= 11 is 9.35. The van der Waals surface area contributed by atoms with Gasteiger partial charge in [-0.25, -0.2) is 0 Å². The molecule has 0 radical (unpaired) electrons. The van der Waals surface area contributed by atoms with E-state index in [1.807, 2.05) is 25.1 Å². The first-order valence-corrected chi connectivity index (χ1v) is 6.24. The zero-order valence-corrected chi connectivity index (χ0v) is 11.5. The molecule has 0 amide bonds. The van der Waals surface area contributed by atoms with Gasteiger partial charge in [0, 0.05) is 16.0 Å². The molecule has 1 heterocycles. The minimum Gasteiger partial charge on any atom is -0.303 e. The van der Waals surface area contributed by atoms with Gasteiger partial charge in [0.05, 0.1) is 6.04 Å². The highest BCUT2D eigenvalue weighted by Gasteiger charge is 2.10. The quantitative estimate of drug-likeness (QED) is 0.909. The van der Waals surface area contributed by atoms with Gasteiger partial charge < -0.3 is 5.32 Å². The first-order chi connectivity index (χ1) is 8.16. The Labute approximate surface area is 112 Å². The van der Waals surface area contributed by atoms with Crippen LogP contribution >= 0.6 is 27.5 Å². The van der Waals surface area contributed by atoms with Crippen molar-refractivity contribution in [3.8, 4) is 0 Å². The van der Waals surface area contributed by atoms with E-state index in [4.69, 9.17) is 11.6 Å². The Balaban J connectivity index is 1.98. The summed E-state index contributed by atoms with van der Waals surface area (Å²) in [4.78, 5) is 0. The molecule has 0 bridgehead atoms. The van der Waals surface area contributed by atoms with E-state index in [0.717, 1.165) is 10.0 Å². The molecule has 0 aliphatic carbocycles. The molecule has 0 fully saturated rings. The summed E-state index contributed by atoms with van der Waals surface area (Å²) in [7, 11) is 0. The van der Waals surface area contributed by atoms with Crippen LogP contribution in [0.15, 0.2) is 22.7 Å². The summed E-state index contributed by atoms with van der Waals surface area (Å²) in [5, 5.41) is 17.8. The monoisotopic (exact) mass is 315 g/mol. The molecule has 5 nitrogen and oxygen atoms in total. The van der Waals surface area contributed by atoms with Gasteiger partial charge in [0.25, 0.3) is 0 Å². The molecule has 2 rings (SSSR count). The third kappa shape index (κ3) is 3.24. The lowest BCUT2D eigenvalue weighted by Gasteiger charge is -2.11. The van der Waals surface area contributed by atoms with Crippen molar-refractivity contribution in [1.29, 1.82) is 0 Å². The molecule has 0 saturated carbocycles. The molecule has 0 spiro atoms. The zero-order chi connectivity index (χ0) is 12.3. The van der Waals surface area contributed by atoms with E-state index in [1.165, 1.54) is 0 Å². The minimum absolute atomic E-state index is 0.0383. The lowest BCUT2D eigenvalue weighted by Crippen LogP contribution is -2.19. The number of nitrogens with one attached hydrogen (secondary N) is 2. The Hall–Kier alpha value is -0.980. The highest BCUT2D eigenvalue weighted by Crippen LogP contribution is 2.21. The Morgan fingerprint density at radius 3 is 3.00 bits per heavy atom. The SMILES string of the molecule is CC(NCc1ccc(Cl)cc1Br)c1nn[nH]n1. The molecule has 0 aliphatic heterocycles. The van der Waals surface area contributed by atoms with Crippen LogP contribution in [0.25, 0.3) is 0 Å². The molecule has 7 heteroatoms. The molecule has 1 aromatic heterocycles. The van der Waals surface area contributed by atoms with Crippen LogP contribution < -0.4 is 5.32 Å². The average molecular weight is 317 g/mol. The first-order valence-electron chi connectivity index (χ1n) is 5.07. The van der Waals surface area contributed by atoms with E-state index in [1.54, 1.807) is 0 Å². The van der Waals surface area contributed by atoms with Crippen LogP contribution in [0.2, 0.25) is 5.02 Å². The number of aromatic nitrogens is 4. The van der Waals surface area contributed by atoms with Gasteiger partial charge in [-0.15, -0.1) is 10.2 Å². The van der Waals surface area contributed by atoms with Crippen LogP contribution in [-0.2, 0) is 6.54 Å². The van der Waals surface area contributed by atoms with Gasteiger partial charge in [-0.2, -0.15) is 5.21 Å². The van der Waals surface area contributed by atoms with Crippen molar-refractivity contribution in [2.45, 2.75) is 19.5 Å². The Morgan fingerprint density at radius 1 is 1.53 bits per heavy atom. The van der Waals surface area contributed by atoms with E-state index in [0.29, 0.717) is 17.4 Å². The average Bonchev–Trinajstić information content (AvgIpc) is 2.81. The molecule has 17 heavy (non-hydrogen) atoms. The second-order valence-electron chi connectivity index (χ2n) is 3.61. The number of H-pyrrole nitrogens is 1. The number of hydrogen-bond acceptors (Lipinski definition) is 4. The fraction of sp³-hybridized carbons (Fsp3) is 0.300. The fourth-order valence-corrected chi connectivity index (χ4v) is 2.20. The molecule has 1 unspecified atom stereocenters. The fourth-order valence-electron chi connectivity index (χ4n) is 1.37. The van der Waals surface area contributed by atoms with Crippen molar-refractivity contribution in [2.24, 2.45) is 0 Å². The summed E-state index contributed by atoms with van der Waals surface area (Å²) in [6.07, 6.45) is 0. The summed E-state index contributed by atoms with van der Waals surface area (Å²) in [5.41, 5.74) is 1.13. The zero-order valence-electron chi connectivity index (χ0n) is 9.11. The summed E-state index contributed by atoms with van der Waals surface area (Å²) in [5.74, 6) is 0.648. The molecule has 1 atom stereocenters. The maximum atomic E-state index is 5.88. The molecule has 2 aromatic rings. The van der Waals surface area contributed by atoms with Crippen LogP contribution in [0.4, 0.5) is 0 Å². The van der Waals surface area contributed by atoms with Crippen LogP contribution in [0.3, 0.4) is 0 Å². The van der Waals surface area contributed by atoms with E-state index in [2.05, 4.69) is 41.9 Å². The smallest absolute Gasteiger partial charge is 0.191 e. The molecule has 0 saturated heterocycles. The maximum Gasteiger partial charge on any atom is 0.191 e. The Bertz CT molecular complexity index is 487. The lowest BCUT2D eigenvalue weighted by molar-refractivity contribution is 0.546. The van der Waals surface area contributed by atoms with Gasteiger partial charge in [-0.05, 0) is 24.6 Å². The number of nitrogens with zero attached hydrogens (tertiary/aromatic N) is 3. The standard InChI is InChI=1S/C10H11BrClN5/c1-6(10-14-16-17-15-10)13-5-7-2-3-8(12)4-9(7)11/h2-4,6,13H,5H2,1H3,(H,14,15,16,17). The Kier molecular flexibility index (Phi) is 4.09. The third-order valence-corrected chi connectivity index (χ3v) is 3.34. The van der Waals surface area contributed by atoms with Crippen molar-refractivity contribution >= 4 is 27.5 Å². The number of benzene rings is 1. The minimum atomic E-state index is 0.0383. The Morgan fingerprint density at radius 2 is 2.35 bits per heavy atom. The topological polar surface area (TPSA) is 66.5 Å². The van der Waals surface area contributed by atoms with Gasteiger partial charge in [0.15, 0.2) is 5.82 Å². The summed E-state index contributed by atoms with van der Waals surface area (Å²) in [6.45, 7) is 2.68. The van der Waals surface area contributed by atoms with Gasteiger partial charge in [-0.3, -0.25) is 0 Å². The maximum absolute atomic E-state index is 5.88. The highest BCUT2D eigenvalue weighted by molar-refractivity contribution is 9.10. The molecule has 0 aliphatic rings. The number of tetrazole rings is 1. The number of rotatable bonds is 4. The van der Waals surface area contributed by atoms with Crippen molar-refractivity contribution in [3.63, 3.8) is 0 Å². The third-order valence-electron chi connectivity index (χ3n) is 2.36. The van der Waals surface area contributed by atoms with Crippen LogP contribution in [0.5, 0.6) is 0 Å². The van der Waals surface area contributed by atoms with E-state index in [-0.39, 0.29) is 6.04 Å². The van der Waals surface area contributed by atoms with Crippen molar-refractivity contribution in [3.05, 3.63) is 39.1 Å². The first kappa shape index (κ1) is 12.5. The lowest BCUT2D eigenvalue weighted by atomic mass is 10.2. The summed E-state index contributed by atoms with van der Waals surface area (Å²) in [6, 6.07) is 5.75. The normalized spacial score (nSPS) is 12.6. The van der Waals surface area contributed by atoms with Crippen LogP contribution in [0.1, 0.15) is 24.4 Å². The molecule has 2 N–H and O–H groups in total. The number of aromatic amines is 1. The molecule has 1 aromatic carbocycles. The molecular formula is C10H11BrClN5. The van der Waals surface area contributed by atoms with E-state index >= 15 is 0 Å².